The fourth-order valence-electron chi connectivity index (χ4n) is 4.69. The van der Waals surface area contributed by atoms with E-state index in [2.05, 4.69) is 9.71 Å². The third kappa shape index (κ3) is 6.28. The molecule has 0 saturated carbocycles. The minimum Gasteiger partial charge on any atom is -0.325 e. The zero-order chi connectivity index (χ0) is 29.8. The van der Waals surface area contributed by atoms with E-state index in [4.69, 9.17) is 16.6 Å². The number of anilines is 3. The average molecular weight is 603 g/mol. The van der Waals surface area contributed by atoms with E-state index >= 15 is 0 Å². The van der Waals surface area contributed by atoms with Gasteiger partial charge < -0.3 is 5.32 Å². The van der Waals surface area contributed by atoms with Crippen LogP contribution in [0.3, 0.4) is 0 Å². The number of sulfonamides is 1. The van der Waals surface area contributed by atoms with Gasteiger partial charge in [-0.05, 0) is 66.9 Å². The van der Waals surface area contributed by atoms with E-state index in [0.29, 0.717) is 27.9 Å². The van der Waals surface area contributed by atoms with Gasteiger partial charge in [0.2, 0.25) is 5.96 Å². The van der Waals surface area contributed by atoms with Crippen molar-refractivity contribution in [2.45, 2.75) is 11.8 Å². The molecule has 0 aliphatic rings. The first-order chi connectivity index (χ1) is 20.9. The molecule has 1 N–H and O–H groups in total. The molecule has 0 bridgehead atoms. The zero-order valence-corrected chi connectivity index (χ0v) is 24.8. The van der Waals surface area contributed by atoms with Gasteiger partial charge in [0.05, 0.1) is 16.3 Å². The minimum atomic E-state index is -4.14. The number of guanidine groups is 1. The van der Waals surface area contributed by atoms with Crippen LogP contribution < -0.4 is 10.2 Å². The maximum Gasteiger partial charge on any atom is 0.285 e. The van der Waals surface area contributed by atoms with Crippen molar-refractivity contribution in [3.8, 4) is 11.3 Å². The summed E-state index contributed by atoms with van der Waals surface area (Å²) in [5.74, 6) is 0.583. The molecule has 0 atom stereocenters. The first kappa shape index (κ1) is 28.2. The highest BCUT2D eigenvalue weighted by atomic mass is 35.5. The molecule has 1 heterocycles. The summed E-state index contributed by atoms with van der Waals surface area (Å²) < 4.78 is 32.0. The standard InChI is InChI=1S/C35H27ClN4O2S/c1-25-16-22-31(23-17-25)43(41,42)39-35(37-29-11-4-2-5-12-29)40(30-13-6-3-7-14-30)34-32-15-9-8-10-27(32)24-33(38-34)26-18-20-28(36)21-19-26/h2-24H,1H3,(H,37,39). The lowest BCUT2D eigenvalue weighted by Gasteiger charge is -2.27. The lowest BCUT2D eigenvalue weighted by Crippen LogP contribution is -2.34. The fourth-order valence-corrected chi connectivity index (χ4v) is 5.75. The molecule has 6 nitrogen and oxygen atoms in total. The van der Waals surface area contributed by atoms with Crippen molar-refractivity contribution in [2.75, 3.05) is 10.2 Å². The second-order valence-electron chi connectivity index (χ2n) is 9.92. The molecule has 0 saturated heterocycles. The van der Waals surface area contributed by atoms with Gasteiger partial charge in [-0.15, -0.1) is 4.40 Å². The van der Waals surface area contributed by atoms with Crippen molar-refractivity contribution in [3.05, 3.63) is 150 Å². The Balaban J connectivity index is 1.63. The molecule has 6 rings (SSSR count). The highest BCUT2D eigenvalue weighted by Gasteiger charge is 2.25. The number of fused-ring (bicyclic) bond motifs is 1. The summed E-state index contributed by atoms with van der Waals surface area (Å²) in [5.41, 5.74) is 3.86. The minimum absolute atomic E-state index is 0.0730. The van der Waals surface area contributed by atoms with Gasteiger partial charge in [-0.2, -0.15) is 8.42 Å². The highest BCUT2D eigenvalue weighted by Crippen LogP contribution is 2.35. The Morgan fingerprint density at radius 1 is 0.767 bits per heavy atom. The number of halogens is 1. The maximum absolute atomic E-state index is 13.8. The molecule has 0 aliphatic heterocycles. The van der Waals surface area contributed by atoms with E-state index in [-0.39, 0.29) is 10.9 Å². The quantitative estimate of drug-likeness (QED) is 0.152. The van der Waals surface area contributed by atoms with Crippen LogP contribution in [0.15, 0.2) is 149 Å². The van der Waals surface area contributed by atoms with Gasteiger partial charge in [0.15, 0.2) is 0 Å². The van der Waals surface area contributed by atoms with Gasteiger partial charge in [0, 0.05) is 21.7 Å². The Bertz CT molecular complexity index is 2020. The lowest BCUT2D eigenvalue weighted by molar-refractivity contribution is 0.598. The third-order valence-electron chi connectivity index (χ3n) is 6.85. The van der Waals surface area contributed by atoms with Crippen molar-refractivity contribution in [3.63, 3.8) is 0 Å². The van der Waals surface area contributed by atoms with E-state index in [9.17, 15) is 8.42 Å². The van der Waals surface area contributed by atoms with E-state index < -0.39 is 10.0 Å². The molecule has 6 aromatic rings. The summed E-state index contributed by atoms with van der Waals surface area (Å²) in [6, 6.07) is 42.8. The number of pyridine rings is 1. The number of rotatable bonds is 6. The van der Waals surface area contributed by atoms with Crippen LogP contribution in [0.1, 0.15) is 5.56 Å². The van der Waals surface area contributed by atoms with Gasteiger partial charge in [-0.1, -0.05) is 102 Å². The fraction of sp³-hybridized carbons (Fsp3) is 0.0286. The Kier molecular flexibility index (Phi) is 7.92. The van der Waals surface area contributed by atoms with Crippen LogP contribution in [0.25, 0.3) is 22.0 Å². The summed E-state index contributed by atoms with van der Waals surface area (Å²) in [4.78, 5) is 6.96. The number of hydrogen-bond donors (Lipinski definition) is 1. The summed E-state index contributed by atoms with van der Waals surface area (Å²) >= 11 is 6.19. The molecule has 0 radical (unpaired) electrons. The number of aromatic nitrogens is 1. The Morgan fingerprint density at radius 2 is 1.40 bits per heavy atom. The first-order valence-corrected chi connectivity index (χ1v) is 15.4. The lowest BCUT2D eigenvalue weighted by atomic mass is 10.1. The van der Waals surface area contributed by atoms with E-state index in [1.165, 1.54) is 0 Å². The molecular weight excluding hydrogens is 576 g/mol. The van der Waals surface area contributed by atoms with Crippen molar-refractivity contribution in [2.24, 2.45) is 4.40 Å². The summed E-state index contributed by atoms with van der Waals surface area (Å²) in [5, 5.41) is 5.66. The number of para-hydroxylation sites is 2. The third-order valence-corrected chi connectivity index (χ3v) is 8.39. The van der Waals surface area contributed by atoms with Gasteiger partial charge in [-0.25, -0.2) is 4.98 Å². The van der Waals surface area contributed by atoms with Crippen LogP contribution in [0.2, 0.25) is 5.02 Å². The molecule has 8 heteroatoms. The van der Waals surface area contributed by atoms with Crippen LogP contribution >= 0.6 is 11.6 Å². The Hall–Kier alpha value is -4.98. The highest BCUT2D eigenvalue weighted by molar-refractivity contribution is 7.90. The monoisotopic (exact) mass is 602 g/mol. The maximum atomic E-state index is 13.8. The van der Waals surface area contributed by atoms with E-state index in [0.717, 1.165) is 21.9 Å². The second-order valence-corrected chi connectivity index (χ2v) is 12.0. The summed E-state index contributed by atoms with van der Waals surface area (Å²) in [6.07, 6.45) is 0. The summed E-state index contributed by atoms with van der Waals surface area (Å²) in [7, 11) is -4.14. The van der Waals surface area contributed by atoms with Gasteiger partial charge in [0.25, 0.3) is 10.0 Å². The van der Waals surface area contributed by atoms with Gasteiger partial charge in [-0.3, -0.25) is 4.90 Å². The number of nitrogens with zero attached hydrogens (tertiary/aromatic N) is 3. The number of benzene rings is 5. The van der Waals surface area contributed by atoms with Gasteiger partial charge >= 0.3 is 0 Å². The van der Waals surface area contributed by atoms with Crippen molar-refractivity contribution >= 4 is 55.5 Å². The molecule has 5 aromatic carbocycles. The van der Waals surface area contributed by atoms with Crippen LogP contribution in [-0.4, -0.2) is 19.4 Å². The largest absolute Gasteiger partial charge is 0.325 e. The zero-order valence-electron chi connectivity index (χ0n) is 23.2. The van der Waals surface area contributed by atoms with E-state index in [1.807, 2.05) is 122 Å². The van der Waals surface area contributed by atoms with Crippen molar-refractivity contribution in [1.29, 1.82) is 0 Å². The SMILES string of the molecule is Cc1ccc(S(=O)(=O)/N=C(\Nc2ccccc2)N(c2ccccc2)c2nc(-c3ccc(Cl)cc3)cc3ccccc23)cc1. The van der Waals surface area contributed by atoms with Crippen LogP contribution in [0.5, 0.6) is 0 Å². The molecule has 0 unspecified atom stereocenters. The average Bonchev–Trinajstić information content (AvgIpc) is 3.02. The normalized spacial score (nSPS) is 11.8. The predicted molar refractivity (Wildman–Crippen MR) is 177 cm³/mol. The predicted octanol–water partition coefficient (Wildman–Crippen LogP) is 8.86. The smallest absolute Gasteiger partial charge is 0.285 e. The molecular formula is C35H27ClN4O2S. The molecule has 43 heavy (non-hydrogen) atoms. The van der Waals surface area contributed by atoms with Crippen molar-refractivity contribution in [1.82, 2.24) is 4.98 Å². The molecule has 0 aliphatic carbocycles. The molecule has 212 valence electrons. The molecule has 0 amide bonds. The first-order valence-electron chi connectivity index (χ1n) is 13.6. The second kappa shape index (κ2) is 12.1. The Morgan fingerprint density at radius 3 is 2.09 bits per heavy atom. The Labute approximate surface area is 256 Å². The van der Waals surface area contributed by atoms with Crippen molar-refractivity contribution < 1.29 is 8.42 Å². The summed E-state index contributed by atoms with van der Waals surface area (Å²) in [6.45, 7) is 1.91. The topological polar surface area (TPSA) is 74.7 Å². The molecule has 0 fully saturated rings. The van der Waals surface area contributed by atoms with Crippen LogP contribution in [0.4, 0.5) is 17.2 Å². The number of hydrogen-bond acceptors (Lipinski definition) is 3. The van der Waals surface area contributed by atoms with Crippen LogP contribution in [-0.2, 0) is 10.0 Å². The van der Waals surface area contributed by atoms with E-state index in [1.54, 1.807) is 29.2 Å². The number of aryl methyl sites for hydroxylation is 1. The number of nitrogens with one attached hydrogen (secondary N) is 1. The van der Waals surface area contributed by atoms with Gasteiger partial charge in [0.1, 0.15) is 5.82 Å². The van der Waals surface area contributed by atoms with Crippen LogP contribution in [0, 0.1) is 6.92 Å². The molecule has 0 spiro atoms. The molecule has 1 aromatic heterocycles.